The third-order valence-electron chi connectivity index (χ3n) is 6.40. The van der Waals surface area contributed by atoms with E-state index in [1.807, 2.05) is 24.3 Å². The van der Waals surface area contributed by atoms with Crippen LogP contribution in [0.5, 0.6) is 0 Å². The average Bonchev–Trinajstić information content (AvgIpc) is 3.49. The van der Waals surface area contributed by atoms with E-state index in [9.17, 15) is 14.4 Å². The molecule has 3 aromatic rings. The van der Waals surface area contributed by atoms with Crippen molar-refractivity contribution in [3.63, 3.8) is 0 Å². The molecule has 0 unspecified atom stereocenters. The van der Waals surface area contributed by atoms with Gasteiger partial charge in [-0.05, 0) is 61.2 Å². The second-order valence-corrected chi connectivity index (χ2v) is 8.67. The number of fused-ring (bicyclic) bond motifs is 1. The number of anilines is 2. The monoisotopic (exact) mass is 457 g/mol. The predicted molar refractivity (Wildman–Crippen MR) is 130 cm³/mol. The lowest BCUT2D eigenvalue weighted by molar-refractivity contribution is -0.119. The standard InChI is InChI=1S/C26H27N5O3/c1-30(24(33)15-18-5-2-3-6-18)21-11-12-23-22(16-21)28-26(31(23)13-4-14-32)29-25(34)20-9-7-19(17-27)8-10-20/h7-12,14,16,18H,2-6,13,15H2,1H3,(H,28,29,34). The summed E-state index contributed by atoms with van der Waals surface area (Å²) in [4.78, 5) is 42.8. The number of aromatic nitrogens is 2. The Kier molecular flexibility index (Phi) is 7.02. The second-order valence-electron chi connectivity index (χ2n) is 8.67. The van der Waals surface area contributed by atoms with Crippen LogP contribution >= 0.6 is 0 Å². The van der Waals surface area contributed by atoms with Gasteiger partial charge in [0, 0.05) is 37.7 Å². The summed E-state index contributed by atoms with van der Waals surface area (Å²) in [7, 11) is 1.77. The molecule has 0 atom stereocenters. The van der Waals surface area contributed by atoms with Crippen LogP contribution in [0.2, 0.25) is 0 Å². The molecule has 1 aliphatic carbocycles. The zero-order chi connectivity index (χ0) is 24.1. The van der Waals surface area contributed by atoms with E-state index in [4.69, 9.17) is 5.26 Å². The molecule has 2 amide bonds. The van der Waals surface area contributed by atoms with Gasteiger partial charge in [-0.1, -0.05) is 12.8 Å². The molecule has 0 aliphatic heterocycles. The molecule has 1 aromatic heterocycles. The van der Waals surface area contributed by atoms with Gasteiger partial charge in [0.25, 0.3) is 5.91 Å². The fourth-order valence-corrected chi connectivity index (χ4v) is 4.44. The molecule has 174 valence electrons. The van der Waals surface area contributed by atoms with Crippen molar-refractivity contribution in [2.45, 2.75) is 45.1 Å². The minimum atomic E-state index is -0.365. The third-order valence-corrected chi connectivity index (χ3v) is 6.40. The number of rotatable bonds is 8. The molecule has 34 heavy (non-hydrogen) atoms. The molecule has 1 saturated carbocycles. The lowest BCUT2D eigenvalue weighted by Crippen LogP contribution is -2.27. The maximum Gasteiger partial charge on any atom is 0.257 e. The summed E-state index contributed by atoms with van der Waals surface area (Å²) in [5.74, 6) is 0.505. The number of hydrogen-bond donors (Lipinski definition) is 1. The molecule has 0 spiro atoms. The second kappa shape index (κ2) is 10.3. The van der Waals surface area contributed by atoms with Crippen LogP contribution in [-0.2, 0) is 16.1 Å². The zero-order valence-corrected chi connectivity index (χ0v) is 19.2. The number of benzene rings is 2. The Hall–Kier alpha value is -3.99. The van der Waals surface area contributed by atoms with E-state index in [2.05, 4.69) is 10.3 Å². The minimum Gasteiger partial charge on any atom is -0.315 e. The predicted octanol–water partition coefficient (Wildman–Crippen LogP) is 4.29. The van der Waals surface area contributed by atoms with Gasteiger partial charge in [-0.3, -0.25) is 14.9 Å². The van der Waals surface area contributed by atoms with Gasteiger partial charge in [-0.15, -0.1) is 0 Å². The van der Waals surface area contributed by atoms with Crippen LogP contribution in [-0.4, -0.2) is 34.7 Å². The first kappa shape index (κ1) is 23.2. The molecule has 1 fully saturated rings. The largest absolute Gasteiger partial charge is 0.315 e. The summed E-state index contributed by atoms with van der Waals surface area (Å²) in [6.45, 7) is 0.360. The minimum absolute atomic E-state index is 0.0842. The maximum absolute atomic E-state index is 12.8. The molecule has 1 N–H and O–H groups in total. The lowest BCUT2D eigenvalue weighted by atomic mass is 10.0. The number of carbonyl (C=O) groups excluding carboxylic acids is 3. The Morgan fingerprint density at radius 3 is 2.62 bits per heavy atom. The molecule has 0 bridgehead atoms. The molecule has 8 nitrogen and oxygen atoms in total. The highest BCUT2D eigenvalue weighted by Crippen LogP contribution is 2.30. The summed E-state index contributed by atoms with van der Waals surface area (Å²) in [6.07, 6.45) is 6.26. The number of imidazole rings is 1. The van der Waals surface area contributed by atoms with Gasteiger partial charge in [0.15, 0.2) is 0 Å². The lowest BCUT2D eigenvalue weighted by Gasteiger charge is -2.19. The van der Waals surface area contributed by atoms with Crippen molar-refractivity contribution in [3.8, 4) is 6.07 Å². The van der Waals surface area contributed by atoms with E-state index in [-0.39, 0.29) is 18.2 Å². The van der Waals surface area contributed by atoms with E-state index in [1.54, 1.807) is 40.8 Å². The van der Waals surface area contributed by atoms with Crippen molar-refractivity contribution in [1.82, 2.24) is 9.55 Å². The Labute approximate surface area is 198 Å². The summed E-state index contributed by atoms with van der Waals surface area (Å²) in [6, 6.07) is 13.9. The van der Waals surface area contributed by atoms with Crippen molar-refractivity contribution in [3.05, 3.63) is 53.6 Å². The number of amides is 2. The Bertz CT molecular complexity index is 1250. The van der Waals surface area contributed by atoms with Crippen molar-refractivity contribution >= 4 is 40.8 Å². The molecule has 0 radical (unpaired) electrons. The van der Waals surface area contributed by atoms with E-state index in [0.29, 0.717) is 41.5 Å². The summed E-state index contributed by atoms with van der Waals surface area (Å²) >= 11 is 0. The maximum atomic E-state index is 12.8. The first-order valence-electron chi connectivity index (χ1n) is 11.5. The third kappa shape index (κ3) is 4.99. The van der Waals surface area contributed by atoms with Crippen LogP contribution in [0, 0.1) is 17.2 Å². The zero-order valence-electron chi connectivity index (χ0n) is 19.2. The molecular weight excluding hydrogens is 430 g/mol. The molecule has 2 aromatic carbocycles. The average molecular weight is 458 g/mol. The van der Waals surface area contributed by atoms with E-state index in [0.717, 1.165) is 30.3 Å². The first-order valence-corrected chi connectivity index (χ1v) is 11.5. The van der Waals surface area contributed by atoms with Crippen LogP contribution in [0.25, 0.3) is 11.0 Å². The van der Waals surface area contributed by atoms with E-state index in [1.165, 1.54) is 12.8 Å². The number of carbonyl (C=O) groups is 3. The normalized spacial score (nSPS) is 13.5. The summed E-state index contributed by atoms with van der Waals surface area (Å²) in [5.41, 5.74) is 2.98. The topological polar surface area (TPSA) is 108 Å². The quantitative estimate of drug-likeness (QED) is 0.508. The van der Waals surface area contributed by atoms with Gasteiger partial charge in [-0.2, -0.15) is 5.26 Å². The number of nitriles is 1. The van der Waals surface area contributed by atoms with Crippen molar-refractivity contribution in [2.75, 3.05) is 17.3 Å². The van der Waals surface area contributed by atoms with Gasteiger partial charge in [0.1, 0.15) is 6.29 Å². The van der Waals surface area contributed by atoms with Gasteiger partial charge >= 0.3 is 0 Å². The smallest absolute Gasteiger partial charge is 0.257 e. The van der Waals surface area contributed by atoms with Crippen molar-refractivity contribution < 1.29 is 14.4 Å². The Balaban J connectivity index is 1.59. The highest BCUT2D eigenvalue weighted by atomic mass is 16.2. The van der Waals surface area contributed by atoms with Gasteiger partial charge < -0.3 is 14.3 Å². The molecule has 1 heterocycles. The summed E-state index contributed by atoms with van der Waals surface area (Å²) < 4.78 is 1.79. The van der Waals surface area contributed by atoms with E-state index < -0.39 is 0 Å². The van der Waals surface area contributed by atoms with Gasteiger partial charge in [0.05, 0.1) is 22.7 Å². The molecular formula is C26H27N5O3. The fourth-order valence-electron chi connectivity index (χ4n) is 4.44. The molecule has 0 saturated heterocycles. The number of nitrogens with one attached hydrogen (secondary N) is 1. The van der Waals surface area contributed by atoms with Crippen LogP contribution in [0.3, 0.4) is 0 Å². The number of hydrogen-bond acceptors (Lipinski definition) is 5. The number of nitrogens with zero attached hydrogens (tertiary/aromatic N) is 4. The van der Waals surface area contributed by atoms with Crippen LogP contribution in [0.1, 0.15) is 54.4 Å². The number of aldehydes is 1. The van der Waals surface area contributed by atoms with Gasteiger partial charge in [-0.25, -0.2) is 4.98 Å². The van der Waals surface area contributed by atoms with E-state index >= 15 is 0 Å². The SMILES string of the molecule is CN(C(=O)CC1CCCC1)c1ccc2c(c1)nc(NC(=O)c1ccc(C#N)cc1)n2CCC=O. The molecule has 1 aliphatic rings. The fraction of sp³-hybridized carbons (Fsp3) is 0.346. The van der Waals surface area contributed by atoms with Gasteiger partial charge in [0.2, 0.25) is 11.9 Å². The molecule has 8 heteroatoms. The first-order chi connectivity index (χ1) is 16.5. The Morgan fingerprint density at radius 1 is 1.21 bits per heavy atom. The Morgan fingerprint density at radius 2 is 1.94 bits per heavy atom. The van der Waals surface area contributed by atoms with Crippen LogP contribution < -0.4 is 10.2 Å². The van der Waals surface area contributed by atoms with Crippen molar-refractivity contribution in [2.24, 2.45) is 5.92 Å². The number of aryl methyl sites for hydroxylation is 1. The highest BCUT2D eigenvalue weighted by Gasteiger charge is 2.22. The van der Waals surface area contributed by atoms with Crippen LogP contribution in [0.15, 0.2) is 42.5 Å². The molecule has 4 rings (SSSR count). The van der Waals surface area contributed by atoms with Crippen LogP contribution in [0.4, 0.5) is 11.6 Å². The summed E-state index contributed by atoms with van der Waals surface area (Å²) in [5, 5.41) is 11.8. The van der Waals surface area contributed by atoms with Crippen molar-refractivity contribution in [1.29, 1.82) is 5.26 Å². The highest BCUT2D eigenvalue weighted by molar-refractivity contribution is 6.04.